The van der Waals surface area contributed by atoms with E-state index < -0.39 is 0 Å². The molecule has 2 N–H and O–H groups in total. The molecule has 4 rings (SSSR count). The number of nitrogens with one attached hydrogen (secondary N) is 1. The van der Waals surface area contributed by atoms with E-state index in [1.54, 1.807) is 0 Å². The molecule has 2 heterocycles. The van der Waals surface area contributed by atoms with E-state index in [4.69, 9.17) is 5.10 Å². The molecule has 0 saturated carbocycles. The first-order valence-electron chi connectivity index (χ1n) is 10.5. The summed E-state index contributed by atoms with van der Waals surface area (Å²) in [5.41, 5.74) is 8.45. The average molecular weight is 395 g/mol. The fraction of sp³-hybridized carbons (Fsp3) is 0.545. The highest BCUT2D eigenvalue weighted by molar-refractivity contribution is 5.53. The van der Waals surface area contributed by atoms with Crippen LogP contribution >= 0.6 is 0 Å². The molecule has 0 unspecified atom stereocenters. The lowest BCUT2D eigenvalue weighted by molar-refractivity contribution is 0.464. The van der Waals surface area contributed by atoms with Crippen molar-refractivity contribution in [1.82, 2.24) is 30.4 Å². The van der Waals surface area contributed by atoms with Crippen molar-refractivity contribution >= 4 is 0 Å². The molecule has 3 aromatic rings. The van der Waals surface area contributed by atoms with Crippen LogP contribution in [0.5, 0.6) is 5.75 Å². The van der Waals surface area contributed by atoms with Crippen molar-refractivity contribution < 1.29 is 5.11 Å². The Morgan fingerprint density at radius 1 is 1.14 bits per heavy atom. The van der Waals surface area contributed by atoms with Crippen LogP contribution in [0.4, 0.5) is 0 Å². The highest BCUT2D eigenvalue weighted by Gasteiger charge is 2.26. The quantitative estimate of drug-likeness (QED) is 0.664. The van der Waals surface area contributed by atoms with Crippen LogP contribution in [0.2, 0.25) is 0 Å². The Bertz CT molecular complexity index is 1020. The smallest absolute Gasteiger partial charge is 0.195 e. The lowest BCUT2D eigenvalue weighted by Gasteiger charge is -2.16. The van der Waals surface area contributed by atoms with Crippen molar-refractivity contribution in [2.75, 3.05) is 0 Å². The van der Waals surface area contributed by atoms with Gasteiger partial charge in [0.2, 0.25) is 0 Å². The molecule has 0 amide bonds. The van der Waals surface area contributed by atoms with Crippen LogP contribution in [-0.2, 0) is 25.8 Å². The summed E-state index contributed by atoms with van der Waals surface area (Å²) in [6, 6.07) is 2.17. The summed E-state index contributed by atoms with van der Waals surface area (Å²) in [4.78, 5) is 0. The number of aryl methyl sites for hydroxylation is 1. The normalized spacial score (nSPS) is 13.6. The second kappa shape index (κ2) is 7.61. The van der Waals surface area contributed by atoms with Gasteiger partial charge in [0.1, 0.15) is 12.3 Å². The van der Waals surface area contributed by atoms with E-state index in [2.05, 4.69) is 54.4 Å². The monoisotopic (exact) mass is 394 g/mol. The minimum atomic E-state index is 0.320. The Morgan fingerprint density at radius 3 is 2.55 bits per heavy atom. The van der Waals surface area contributed by atoms with Gasteiger partial charge in [-0.2, -0.15) is 10.3 Å². The number of aromatic hydroxyl groups is 1. The molecule has 0 fully saturated rings. The minimum Gasteiger partial charge on any atom is -0.507 e. The minimum absolute atomic E-state index is 0.320. The van der Waals surface area contributed by atoms with E-state index in [0.29, 0.717) is 30.0 Å². The third-order valence-corrected chi connectivity index (χ3v) is 5.92. The summed E-state index contributed by atoms with van der Waals surface area (Å²) in [6.45, 7) is 11.3. The Balaban J connectivity index is 1.82. The van der Waals surface area contributed by atoms with Crippen molar-refractivity contribution in [3.8, 4) is 5.75 Å². The molecule has 0 radical (unpaired) electrons. The van der Waals surface area contributed by atoms with E-state index >= 15 is 0 Å². The molecule has 7 nitrogen and oxygen atoms in total. The number of hydrogen-bond donors (Lipinski definition) is 2. The van der Waals surface area contributed by atoms with Crippen LogP contribution in [0.1, 0.15) is 91.0 Å². The number of aromatic amines is 1. The molecular weight excluding hydrogens is 364 g/mol. The van der Waals surface area contributed by atoms with Crippen molar-refractivity contribution in [2.45, 2.75) is 78.7 Å². The van der Waals surface area contributed by atoms with E-state index in [-0.39, 0.29) is 0 Å². The average Bonchev–Trinajstić information content (AvgIpc) is 3.39. The molecule has 1 aliphatic rings. The number of nitrogens with zero attached hydrogens (tertiary/aromatic N) is 5. The van der Waals surface area contributed by atoms with Crippen molar-refractivity contribution in [3.05, 3.63) is 51.1 Å². The van der Waals surface area contributed by atoms with Gasteiger partial charge in [0, 0.05) is 17.7 Å². The van der Waals surface area contributed by atoms with Crippen molar-refractivity contribution in [3.63, 3.8) is 0 Å². The molecule has 154 valence electrons. The standard InChI is InChI=1S/C22H30N6O/c1-12(2)20-18(10-15-9-14(5)22(29)17-8-6-7-16(15)17)21(13(3)4)28(25-20)11-19-23-26-27-24-19/h9,12-13,29H,6-8,10-11H2,1-5H3,(H,23,24,26,27). The van der Waals surface area contributed by atoms with Gasteiger partial charge in [-0.05, 0) is 60.3 Å². The van der Waals surface area contributed by atoms with Gasteiger partial charge in [-0.1, -0.05) is 39.0 Å². The van der Waals surface area contributed by atoms with Crippen molar-refractivity contribution in [1.29, 1.82) is 0 Å². The molecule has 0 bridgehead atoms. The number of hydrogen-bond acceptors (Lipinski definition) is 5. The van der Waals surface area contributed by atoms with E-state index in [1.807, 2.05) is 11.6 Å². The Kier molecular flexibility index (Phi) is 5.15. The molecule has 1 aliphatic carbocycles. The van der Waals surface area contributed by atoms with Gasteiger partial charge < -0.3 is 5.11 Å². The maximum atomic E-state index is 10.5. The highest BCUT2D eigenvalue weighted by Crippen LogP contribution is 2.38. The summed E-state index contributed by atoms with van der Waals surface area (Å²) < 4.78 is 2.05. The van der Waals surface area contributed by atoms with Gasteiger partial charge in [-0.25, -0.2) is 0 Å². The first-order chi connectivity index (χ1) is 13.9. The SMILES string of the molecule is Cc1cc(Cc2c(C(C)C)nn(Cc3nn[nH]n3)c2C(C)C)c2c(c1O)CCC2. The van der Waals surface area contributed by atoms with Gasteiger partial charge >= 0.3 is 0 Å². The van der Waals surface area contributed by atoms with Gasteiger partial charge in [0.25, 0.3) is 0 Å². The van der Waals surface area contributed by atoms with Crippen molar-refractivity contribution in [2.24, 2.45) is 0 Å². The van der Waals surface area contributed by atoms with E-state index in [0.717, 1.165) is 42.5 Å². The largest absolute Gasteiger partial charge is 0.507 e. The summed E-state index contributed by atoms with van der Waals surface area (Å²) in [5.74, 6) is 1.77. The Labute approximate surface area is 171 Å². The lowest BCUT2D eigenvalue weighted by atomic mass is 9.89. The van der Waals surface area contributed by atoms with Crippen LogP contribution in [-0.4, -0.2) is 35.5 Å². The topological polar surface area (TPSA) is 92.5 Å². The Hall–Kier alpha value is -2.70. The Morgan fingerprint density at radius 2 is 1.90 bits per heavy atom. The maximum absolute atomic E-state index is 10.5. The fourth-order valence-corrected chi connectivity index (χ4v) is 4.69. The maximum Gasteiger partial charge on any atom is 0.195 e. The molecule has 0 atom stereocenters. The summed E-state index contributed by atoms with van der Waals surface area (Å²) >= 11 is 0. The molecule has 2 aromatic heterocycles. The van der Waals surface area contributed by atoms with Crippen LogP contribution in [0.15, 0.2) is 6.07 Å². The number of rotatable bonds is 6. The predicted octanol–water partition coefficient (Wildman–Crippen LogP) is 3.78. The number of aromatic nitrogens is 6. The fourth-order valence-electron chi connectivity index (χ4n) is 4.69. The zero-order valence-corrected chi connectivity index (χ0v) is 18.0. The van der Waals surface area contributed by atoms with Crippen LogP contribution in [0.25, 0.3) is 0 Å². The molecule has 0 aliphatic heterocycles. The molecule has 0 saturated heterocycles. The second-order valence-electron chi connectivity index (χ2n) is 8.73. The molecular formula is C22H30N6O. The van der Waals surface area contributed by atoms with E-state index in [1.165, 1.54) is 22.4 Å². The number of phenolic OH excluding ortho intramolecular Hbond substituents is 1. The second-order valence-corrected chi connectivity index (χ2v) is 8.73. The zero-order valence-electron chi connectivity index (χ0n) is 18.0. The van der Waals surface area contributed by atoms with Gasteiger partial charge in [0.05, 0.1) is 5.69 Å². The first kappa shape index (κ1) is 19.6. The number of fused-ring (bicyclic) bond motifs is 1. The lowest BCUT2D eigenvalue weighted by Crippen LogP contribution is -2.10. The van der Waals surface area contributed by atoms with Crippen LogP contribution in [0, 0.1) is 6.92 Å². The van der Waals surface area contributed by atoms with Crippen LogP contribution in [0.3, 0.4) is 0 Å². The summed E-state index contributed by atoms with van der Waals surface area (Å²) in [7, 11) is 0. The third-order valence-electron chi connectivity index (χ3n) is 5.92. The van der Waals surface area contributed by atoms with Gasteiger partial charge in [0.15, 0.2) is 5.82 Å². The summed E-state index contributed by atoms with van der Waals surface area (Å²) in [5, 5.41) is 29.9. The first-order valence-corrected chi connectivity index (χ1v) is 10.5. The molecule has 0 spiro atoms. The highest BCUT2D eigenvalue weighted by atomic mass is 16.3. The third kappa shape index (κ3) is 3.54. The number of tetrazole rings is 1. The van der Waals surface area contributed by atoms with Crippen LogP contribution < -0.4 is 0 Å². The number of H-pyrrole nitrogens is 1. The number of benzene rings is 1. The van der Waals surface area contributed by atoms with Gasteiger partial charge in [-0.3, -0.25) is 4.68 Å². The zero-order chi connectivity index (χ0) is 20.7. The van der Waals surface area contributed by atoms with E-state index in [9.17, 15) is 5.11 Å². The molecule has 1 aromatic carbocycles. The summed E-state index contributed by atoms with van der Waals surface area (Å²) in [6.07, 6.45) is 3.98. The van der Waals surface area contributed by atoms with Gasteiger partial charge in [-0.15, -0.1) is 10.2 Å². The predicted molar refractivity (Wildman–Crippen MR) is 111 cm³/mol. The number of phenols is 1. The molecule has 7 heteroatoms. The molecule has 29 heavy (non-hydrogen) atoms.